The predicted octanol–water partition coefficient (Wildman–Crippen LogP) is 3.02. The fraction of sp³-hybridized carbons (Fsp3) is 0.667. The third-order valence-electron chi connectivity index (χ3n) is 2.12. The van der Waals surface area contributed by atoms with Gasteiger partial charge in [-0.3, -0.25) is 4.79 Å². The van der Waals surface area contributed by atoms with Gasteiger partial charge < -0.3 is 9.47 Å². The molecule has 0 aliphatic rings. The molecular formula is C12H15F5O4. The average molecular weight is 318 g/mol. The van der Waals surface area contributed by atoms with E-state index in [0.717, 1.165) is 0 Å². The SMILES string of the molecule is C=C(C)C(=O)OC(C)(C)CC(=O)OCC(F)(F)C(F)(F)F. The van der Waals surface area contributed by atoms with Crippen LogP contribution in [0.1, 0.15) is 27.2 Å². The fourth-order valence-corrected chi connectivity index (χ4v) is 1.03. The van der Waals surface area contributed by atoms with Crippen LogP contribution in [0, 0.1) is 0 Å². The average Bonchev–Trinajstić information content (AvgIpc) is 2.23. The van der Waals surface area contributed by atoms with E-state index < -0.39 is 42.7 Å². The zero-order valence-corrected chi connectivity index (χ0v) is 11.6. The molecule has 0 aliphatic carbocycles. The molecule has 0 aromatic heterocycles. The summed E-state index contributed by atoms with van der Waals surface area (Å²) in [5, 5.41) is 0. The molecule has 0 aliphatic heterocycles. The number of hydrogen-bond acceptors (Lipinski definition) is 4. The molecule has 0 heterocycles. The number of esters is 2. The first-order valence-electron chi connectivity index (χ1n) is 5.67. The van der Waals surface area contributed by atoms with Crippen LogP contribution in [0.25, 0.3) is 0 Å². The molecule has 0 fully saturated rings. The standard InChI is InChI=1S/C12H15F5O4/c1-7(2)9(19)21-10(3,4)5-8(18)20-6-11(13,14)12(15,16)17/h1,5-6H2,2-4H3. The molecule has 0 atom stereocenters. The first-order valence-corrected chi connectivity index (χ1v) is 5.67. The molecule has 0 spiro atoms. The summed E-state index contributed by atoms with van der Waals surface area (Å²) in [6, 6.07) is 0. The Hall–Kier alpha value is -1.67. The number of hydrogen-bond donors (Lipinski definition) is 0. The molecule has 0 saturated heterocycles. The third kappa shape index (κ3) is 6.54. The summed E-state index contributed by atoms with van der Waals surface area (Å²) in [5.74, 6) is -7.31. The highest BCUT2D eigenvalue weighted by Crippen LogP contribution is 2.35. The van der Waals surface area contributed by atoms with E-state index in [-0.39, 0.29) is 5.57 Å². The van der Waals surface area contributed by atoms with Crippen LogP contribution in [0.5, 0.6) is 0 Å². The Bertz CT molecular complexity index is 426. The molecule has 0 saturated carbocycles. The molecule has 0 aromatic rings. The van der Waals surface area contributed by atoms with Gasteiger partial charge in [-0.2, -0.15) is 22.0 Å². The van der Waals surface area contributed by atoms with Crippen LogP contribution in [0.15, 0.2) is 12.2 Å². The Balaban J connectivity index is 4.51. The first kappa shape index (κ1) is 19.3. The summed E-state index contributed by atoms with van der Waals surface area (Å²) in [6.45, 7) is 5.07. The van der Waals surface area contributed by atoms with Gasteiger partial charge in [0, 0.05) is 5.57 Å². The number of carbonyl (C=O) groups is 2. The van der Waals surface area contributed by atoms with E-state index in [4.69, 9.17) is 4.74 Å². The Labute approximate surface area is 117 Å². The number of rotatable bonds is 6. The maximum atomic E-state index is 12.5. The molecule has 122 valence electrons. The molecule has 0 rings (SSSR count). The van der Waals surface area contributed by atoms with Gasteiger partial charge in [0.15, 0.2) is 6.61 Å². The highest BCUT2D eigenvalue weighted by Gasteiger charge is 2.58. The molecule has 9 heteroatoms. The van der Waals surface area contributed by atoms with Crippen molar-refractivity contribution in [3.8, 4) is 0 Å². The van der Waals surface area contributed by atoms with Crippen molar-refractivity contribution in [2.24, 2.45) is 0 Å². The highest BCUT2D eigenvalue weighted by molar-refractivity contribution is 5.87. The zero-order chi connectivity index (χ0) is 17.1. The van der Waals surface area contributed by atoms with E-state index in [1.54, 1.807) is 0 Å². The lowest BCUT2D eigenvalue weighted by Gasteiger charge is -2.25. The minimum atomic E-state index is -5.81. The van der Waals surface area contributed by atoms with Gasteiger partial charge in [0.05, 0.1) is 6.42 Å². The van der Waals surface area contributed by atoms with Crippen LogP contribution in [0.3, 0.4) is 0 Å². The normalized spacial score (nSPS) is 12.8. The lowest BCUT2D eigenvalue weighted by Crippen LogP contribution is -2.42. The molecule has 21 heavy (non-hydrogen) atoms. The summed E-state index contributed by atoms with van der Waals surface area (Å²) in [5.41, 5.74) is -1.39. The number of halogens is 5. The van der Waals surface area contributed by atoms with Crippen molar-refractivity contribution in [3.63, 3.8) is 0 Å². The van der Waals surface area contributed by atoms with E-state index >= 15 is 0 Å². The lowest BCUT2D eigenvalue weighted by atomic mass is 10.1. The van der Waals surface area contributed by atoms with Crippen molar-refractivity contribution in [2.45, 2.75) is 44.9 Å². The van der Waals surface area contributed by atoms with E-state index in [2.05, 4.69) is 11.3 Å². The van der Waals surface area contributed by atoms with Crippen LogP contribution >= 0.6 is 0 Å². The van der Waals surface area contributed by atoms with Crippen LogP contribution < -0.4 is 0 Å². The molecular weight excluding hydrogens is 303 g/mol. The third-order valence-corrected chi connectivity index (χ3v) is 2.12. The van der Waals surface area contributed by atoms with Crippen molar-refractivity contribution in [1.82, 2.24) is 0 Å². The van der Waals surface area contributed by atoms with Gasteiger partial charge in [0.25, 0.3) is 0 Å². The second kappa shape index (κ2) is 6.40. The van der Waals surface area contributed by atoms with Crippen molar-refractivity contribution in [2.75, 3.05) is 6.61 Å². The van der Waals surface area contributed by atoms with E-state index in [1.807, 2.05) is 0 Å². The molecule has 0 radical (unpaired) electrons. The summed E-state index contributed by atoms with van der Waals surface area (Å²) >= 11 is 0. The minimum absolute atomic E-state index is 0.0417. The minimum Gasteiger partial charge on any atom is -0.459 e. The maximum Gasteiger partial charge on any atom is 0.456 e. The number of carbonyl (C=O) groups excluding carboxylic acids is 2. The van der Waals surface area contributed by atoms with E-state index in [0.29, 0.717) is 0 Å². The zero-order valence-electron chi connectivity index (χ0n) is 11.6. The van der Waals surface area contributed by atoms with Gasteiger partial charge in [-0.1, -0.05) is 6.58 Å². The smallest absolute Gasteiger partial charge is 0.456 e. The molecule has 0 amide bonds. The topological polar surface area (TPSA) is 52.6 Å². The van der Waals surface area contributed by atoms with Crippen molar-refractivity contribution >= 4 is 11.9 Å². The largest absolute Gasteiger partial charge is 0.459 e. The Morgan fingerprint density at radius 3 is 1.95 bits per heavy atom. The van der Waals surface area contributed by atoms with E-state index in [9.17, 15) is 31.5 Å². The Kier molecular flexibility index (Phi) is 5.89. The van der Waals surface area contributed by atoms with Crippen LogP contribution in [-0.2, 0) is 19.1 Å². The number of alkyl halides is 5. The molecule has 0 unspecified atom stereocenters. The Morgan fingerprint density at radius 2 is 1.57 bits per heavy atom. The van der Waals surface area contributed by atoms with Gasteiger partial charge in [0.2, 0.25) is 0 Å². The molecule has 0 N–H and O–H groups in total. The van der Waals surface area contributed by atoms with Gasteiger partial charge >= 0.3 is 24.0 Å². The molecule has 0 bridgehead atoms. The number of ether oxygens (including phenoxy) is 2. The first-order chi connectivity index (χ1) is 9.18. The quantitative estimate of drug-likeness (QED) is 0.429. The molecule has 4 nitrogen and oxygen atoms in total. The summed E-state index contributed by atoms with van der Waals surface area (Å²) in [6.07, 6.45) is -6.49. The van der Waals surface area contributed by atoms with Gasteiger partial charge in [-0.15, -0.1) is 0 Å². The fourth-order valence-electron chi connectivity index (χ4n) is 1.03. The van der Waals surface area contributed by atoms with Crippen molar-refractivity contribution < 1.29 is 41.0 Å². The van der Waals surface area contributed by atoms with Gasteiger partial charge in [-0.25, -0.2) is 4.79 Å². The Morgan fingerprint density at radius 1 is 1.10 bits per heavy atom. The molecule has 0 aromatic carbocycles. The summed E-state index contributed by atoms with van der Waals surface area (Å²) in [4.78, 5) is 22.5. The maximum absolute atomic E-state index is 12.5. The van der Waals surface area contributed by atoms with Gasteiger partial charge in [-0.05, 0) is 20.8 Å². The van der Waals surface area contributed by atoms with Crippen LogP contribution in [-0.4, -0.2) is 36.2 Å². The second-order valence-corrected chi connectivity index (χ2v) is 4.97. The lowest BCUT2D eigenvalue weighted by molar-refractivity contribution is -0.294. The van der Waals surface area contributed by atoms with Crippen LogP contribution in [0.4, 0.5) is 22.0 Å². The van der Waals surface area contributed by atoms with Crippen LogP contribution in [0.2, 0.25) is 0 Å². The summed E-state index contributed by atoms with van der Waals surface area (Å²) in [7, 11) is 0. The summed E-state index contributed by atoms with van der Waals surface area (Å²) < 4.78 is 69.4. The second-order valence-electron chi connectivity index (χ2n) is 4.97. The van der Waals surface area contributed by atoms with E-state index in [1.165, 1.54) is 20.8 Å². The van der Waals surface area contributed by atoms with Crippen molar-refractivity contribution in [1.29, 1.82) is 0 Å². The highest BCUT2D eigenvalue weighted by atomic mass is 19.4. The van der Waals surface area contributed by atoms with Crippen molar-refractivity contribution in [3.05, 3.63) is 12.2 Å². The van der Waals surface area contributed by atoms with Gasteiger partial charge in [0.1, 0.15) is 5.60 Å². The predicted molar refractivity (Wildman–Crippen MR) is 61.6 cm³/mol. The monoisotopic (exact) mass is 318 g/mol.